The highest BCUT2D eigenvalue weighted by atomic mass is 32.2. The summed E-state index contributed by atoms with van der Waals surface area (Å²) >= 11 is 1.73. The quantitative estimate of drug-likeness (QED) is 0.779. The van der Waals surface area contributed by atoms with E-state index in [0.717, 1.165) is 17.9 Å². The highest BCUT2D eigenvalue weighted by Gasteiger charge is 2.04. The minimum absolute atomic E-state index is 0.272. The van der Waals surface area contributed by atoms with Crippen LogP contribution in [0.15, 0.2) is 4.42 Å². The van der Waals surface area contributed by atoms with E-state index in [0.29, 0.717) is 11.8 Å². The fourth-order valence-corrected chi connectivity index (χ4v) is 1.76. The van der Waals surface area contributed by atoms with Gasteiger partial charge >= 0.3 is 0 Å². The van der Waals surface area contributed by atoms with Gasteiger partial charge in [0.15, 0.2) is 0 Å². The van der Waals surface area contributed by atoms with Gasteiger partial charge in [0.25, 0.3) is 0 Å². The normalized spacial score (nSPS) is 13.2. The zero-order valence-electron chi connectivity index (χ0n) is 7.99. The molecule has 0 aliphatic carbocycles. The van der Waals surface area contributed by atoms with E-state index in [2.05, 4.69) is 17.1 Å². The largest absolute Gasteiger partial charge is 0.425 e. The molecule has 0 amide bonds. The fraction of sp³-hybridized carbons (Fsp3) is 0.750. The molecule has 0 fully saturated rings. The maximum Gasteiger partial charge on any atom is 0.226 e. The first kappa shape index (κ1) is 10.5. The Morgan fingerprint density at radius 3 is 2.85 bits per heavy atom. The van der Waals surface area contributed by atoms with Crippen LogP contribution in [-0.4, -0.2) is 22.0 Å². The van der Waals surface area contributed by atoms with Crippen LogP contribution in [0.2, 0.25) is 0 Å². The minimum atomic E-state index is 0.272. The van der Waals surface area contributed by atoms with Crippen molar-refractivity contribution >= 4 is 11.8 Å². The van der Waals surface area contributed by atoms with Crippen LogP contribution < -0.4 is 5.73 Å². The smallest absolute Gasteiger partial charge is 0.226 e. The SMILES string of the molecule is CCC(N)CSCc1nnc(C)o1. The van der Waals surface area contributed by atoms with Gasteiger partial charge in [-0.05, 0) is 6.42 Å². The Bertz CT molecular complexity index is 251. The lowest BCUT2D eigenvalue weighted by Gasteiger charge is -2.05. The van der Waals surface area contributed by atoms with E-state index in [1.54, 1.807) is 18.7 Å². The zero-order chi connectivity index (χ0) is 9.68. The molecule has 74 valence electrons. The first-order valence-electron chi connectivity index (χ1n) is 4.34. The van der Waals surface area contributed by atoms with Crippen molar-refractivity contribution in [2.24, 2.45) is 5.73 Å². The van der Waals surface area contributed by atoms with E-state index in [-0.39, 0.29) is 6.04 Å². The summed E-state index contributed by atoms with van der Waals surface area (Å²) in [5, 5.41) is 7.63. The number of aryl methyl sites for hydroxylation is 1. The number of thioether (sulfide) groups is 1. The van der Waals surface area contributed by atoms with Crippen molar-refractivity contribution in [3.05, 3.63) is 11.8 Å². The van der Waals surface area contributed by atoms with Gasteiger partial charge in [-0.25, -0.2) is 0 Å². The zero-order valence-corrected chi connectivity index (χ0v) is 8.80. The summed E-state index contributed by atoms with van der Waals surface area (Å²) in [5.74, 6) is 3.01. The lowest BCUT2D eigenvalue weighted by Crippen LogP contribution is -2.21. The van der Waals surface area contributed by atoms with Crippen molar-refractivity contribution in [1.82, 2.24) is 10.2 Å². The van der Waals surface area contributed by atoms with Crippen molar-refractivity contribution in [3.8, 4) is 0 Å². The molecule has 4 nitrogen and oxygen atoms in total. The van der Waals surface area contributed by atoms with Crippen molar-refractivity contribution in [1.29, 1.82) is 0 Å². The van der Waals surface area contributed by atoms with Crippen LogP contribution in [0.4, 0.5) is 0 Å². The van der Waals surface area contributed by atoms with Crippen LogP contribution in [0.25, 0.3) is 0 Å². The van der Waals surface area contributed by atoms with Gasteiger partial charge < -0.3 is 10.2 Å². The van der Waals surface area contributed by atoms with Crippen molar-refractivity contribution in [2.75, 3.05) is 5.75 Å². The molecule has 1 aromatic heterocycles. The van der Waals surface area contributed by atoms with Gasteiger partial charge in [0, 0.05) is 18.7 Å². The van der Waals surface area contributed by atoms with Gasteiger partial charge in [0.05, 0.1) is 5.75 Å². The highest BCUT2D eigenvalue weighted by molar-refractivity contribution is 7.98. The number of hydrogen-bond donors (Lipinski definition) is 1. The molecule has 2 N–H and O–H groups in total. The summed E-state index contributed by atoms with van der Waals surface area (Å²) in [4.78, 5) is 0. The number of rotatable bonds is 5. The number of nitrogens with zero attached hydrogens (tertiary/aromatic N) is 2. The monoisotopic (exact) mass is 201 g/mol. The molecule has 0 aliphatic rings. The molecular weight excluding hydrogens is 186 g/mol. The third-order valence-electron chi connectivity index (χ3n) is 1.65. The lowest BCUT2D eigenvalue weighted by atomic mass is 10.3. The lowest BCUT2D eigenvalue weighted by molar-refractivity contribution is 0.485. The third kappa shape index (κ3) is 3.78. The Morgan fingerprint density at radius 2 is 2.31 bits per heavy atom. The molecule has 5 heteroatoms. The van der Waals surface area contributed by atoms with Crippen molar-refractivity contribution < 1.29 is 4.42 Å². The molecule has 0 saturated carbocycles. The van der Waals surface area contributed by atoms with Gasteiger partial charge in [-0.15, -0.1) is 10.2 Å². The number of hydrogen-bond acceptors (Lipinski definition) is 5. The van der Waals surface area contributed by atoms with E-state index in [4.69, 9.17) is 10.2 Å². The van der Waals surface area contributed by atoms with Gasteiger partial charge in [0.2, 0.25) is 11.8 Å². The van der Waals surface area contributed by atoms with Crippen molar-refractivity contribution in [2.45, 2.75) is 32.1 Å². The van der Waals surface area contributed by atoms with Crippen LogP contribution in [0.5, 0.6) is 0 Å². The average molecular weight is 201 g/mol. The Labute approximate surface area is 82.3 Å². The predicted octanol–water partition coefficient (Wildman–Crippen LogP) is 1.35. The molecule has 1 aromatic rings. The fourth-order valence-electron chi connectivity index (χ4n) is 0.811. The summed E-state index contributed by atoms with van der Waals surface area (Å²) in [6.07, 6.45) is 1.01. The van der Waals surface area contributed by atoms with Crippen LogP contribution >= 0.6 is 11.8 Å². The second-order valence-electron chi connectivity index (χ2n) is 2.90. The number of nitrogens with two attached hydrogens (primary N) is 1. The van der Waals surface area contributed by atoms with E-state index >= 15 is 0 Å². The maximum absolute atomic E-state index is 5.75. The summed E-state index contributed by atoms with van der Waals surface area (Å²) in [5.41, 5.74) is 5.75. The molecule has 0 aromatic carbocycles. The summed E-state index contributed by atoms with van der Waals surface area (Å²) in [6.45, 7) is 3.88. The van der Waals surface area contributed by atoms with Gasteiger partial charge in [0.1, 0.15) is 0 Å². The molecule has 1 rings (SSSR count). The van der Waals surface area contributed by atoms with E-state index in [1.165, 1.54) is 0 Å². The van der Waals surface area contributed by atoms with Gasteiger partial charge in [-0.1, -0.05) is 6.92 Å². The summed E-state index contributed by atoms with van der Waals surface area (Å²) < 4.78 is 5.22. The Balaban J connectivity index is 2.20. The van der Waals surface area contributed by atoms with Crippen molar-refractivity contribution in [3.63, 3.8) is 0 Å². The van der Waals surface area contributed by atoms with E-state index in [1.807, 2.05) is 0 Å². The second-order valence-corrected chi connectivity index (χ2v) is 3.93. The maximum atomic E-state index is 5.75. The predicted molar refractivity (Wildman–Crippen MR) is 53.5 cm³/mol. The molecule has 0 aliphatic heterocycles. The molecule has 0 saturated heterocycles. The molecule has 1 unspecified atom stereocenters. The van der Waals surface area contributed by atoms with E-state index < -0.39 is 0 Å². The topological polar surface area (TPSA) is 64.9 Å². The van der Waals surface area contributed by atoms with Crippen LogP contribution in [0, 0.1) is 6.92 Å². The molecular formula is C8H15N3OS. The van der Waals surface area contributed by atoms with Gasteiger partial charge in [-0.3, -0.25) is 0 Å². The first-order chi connectivity index (χ1) is 6.22. The molecule has 0 radical (unpaired) electrons. The summed E-state index contributed by atoms with van der Waals surface area (Å²) in [7, 11) is 0. The van der Waals surface area contributed by atoms with Gasteiger partial charge in [-0.2, -0.15) is 11.8 Å². The second kappa shape index (κ2) is 5.24. The van der Waals surface area contributed by atoms with Crippen LogP contribution in [-0.2, 0) is 5.75 Å². The molecule has 1 atom stereocenters. The highest BCUT2D eigenvalue weighted by Crippen LogP contribution is 2.11. The standard InChI is InChI=1S/C8H15N3OS/c1-3-7(9)4-13-5-8-11-10-6(2)12-8/h7H,3-5,9H2,1-2H3. The minimum Gasteiger partial charge on any atom is -0.425 e. The Hall–Kier alpha value is -0.550. The molecule has 0 spiro atoms. The molecule has 13 heavy (non-hydrogen) atoms. The average Bonchev–Trinajstić information content (AvgIpc) is 2.51. The van der Waals surface area contributed by atoms with E-state index in [9.17, 15) is 0 Å². The Kier molecular flexibility index (Phi) is 4.24. The number of aromatic nitrogens is 2. The third-order valence-corrected chi connectivity index (χ3v) is 2.76. The first-order valence-corrected chi connectivity index (χ1v) is 5.50. The molecule has 0 bridgehead atoms. The van der Waals surface area contributed by atoms with Crippen LogP contribution in [0.1, 0.15) is 25.1 Å². The van der Waals surface area contributed by atoms with Crippen LogP contribution in [0.3, 0.4) is 0 Å². The summed E-state index contributed by atoms with van der Waals surface area (Å²) in [6, 6.07) is 0.272. The molecule has 1 heterocycles. The Morgan fingerprint density at radius 1 is 1.54 bits per heavy atom.